The Balaban J connectivity index is 2.60. The van der Waals surface area contributed by atoms with Crippen molar-refractivity contribution >= 4 is 5.91 Å². The van der Waals surface area contributed by atoms with E-state index in [1.807, 2.05) is 0 Å². The van der Waals surface area contributed by atoms with E-state index < -0.39 is 0 Å². The Morgan fingerprint density at radius 2 is 2.12 bits per heavy atom. The van der Waals surface area contributed by atoms with Crippen LogP contribution in [0.5, 0.6) is 0 Å². The van der Waals surface area contributed by atoms with Crippen LogP contribution in [0.25, 0.3) is 0 Å². The van der Waals surface area contributed by atoms with Gasteiger partial charge in [0.05, 0.1) is 5.54 Å². The molecule has 1 aliphatic rings. The molecule has 100 valence electrons. The zero-order valence-corrected chi connectivity index (χ0v) is 11.8. The van der Waals surface area contributed by atoms with Crippen LogP contribution in [0.1, 0.15) is 59.8 Å². The maximum Gasteiger partial charge on any atom is 0.240 e. The molecule has 17 heavy (non-hydrogen) atoms. The summed E-state index contributed by atoms with van der Waals surface area (Å²) >= 11 is 0. The Morgan fingerprint density at radius 1 is 1.41 bits per heavy atom. The molecule has 3 atom stereocenters. The number of hydrogen-bond acceptors (Lipinski definition) is 2. The molecule has 3 heteroatoms. The summed E-state index contributed by atoms with van der Waals surface area (Å²) in [6, 6.07) is 0.267. The van der Waals surface area contributed by atoms with E-state index in [4.69, 9.17) is 0 Å². The molecule has 0 aromatic rings. The van der Waals surface area contributed by atoms with E-state index in [9.17, 15) is 4.79 Å². The van der Waals surface area contributed by atoms with Crippen molar-refractivity contribution in [3.63, 3.8) is 0 Å². The molecule has 1 heterocycles. The Morgan fingerprint density at radius 3 is 2.59 bits per heavy atom. The maximum atomic E-state index is 12.4. The normalized spacial score (nSPS) is 27.8. The summed E-state index contributed by atoms with van der Waals surface area (Å²) in [5, 5.41) is 6.62. The van der Waals surface area contributed by atoms with E-state index in [0.29, 0.717) is 5.92 Å². The first-order valence-electron chi connectivity index (χ1n) is 7.11. The fraction of sp³-hybridized carbons (Fsp3) is 0.929. The molecule has 1 rings (SSSR count). The Hall–Kier alpha value is -0.570. The predicted molar refractivity (Wildman–Crippen MR) is 71.9 cm³/mol. The van der Waals surface area contributed by atoms with E-state index in [1.165, 1.54) is 0 Å². The summed E-state index contributed by atoms with van der Waals surface area (Å²) in [6.45, 7) is 9.60. The zero-order valence-electron chi connectivity index (χ0n) is 11.8. The van der Waals surface area contributed by atoms with Crippen LogP contribution in [0, 0.1) is 5.92 Å². The fourth-order valence-corrected chi connectivity index (χ4v) is 2.59. The quantitative estimate of drug-likeness (QED) is 0.749. The van der Waals surface area contributed by atoms with Gasteiger partial charge in [0.2, 0.25) is 5.91 Å². The molecule has 1 amide bonds. The van der Waals surface area contributed by atoms with Crippen molar-refractivity contribution in [1.29, 1.82) is 0 Å². The van der Waals surface area contributed by atoms with Crippen molar-refractivity contribution in [2.24, 2.45) is 5.92 Å². The highest BCUT2D eigenvalue weighted by Gasteiger charge is 2.40. The van der Waals surface area contributed by atoms with Gasteiger partial charge in [-0.3, -0.25) is 4.79 Å². The van der Waals surface area contributed by atoms with Crippen molar-refractivity contribution in [3.05, 3.63) is 0 Å². The highest BCUT2D eigenvalue weighted by molar-refractivity contribution is 5.86. The number of amides is 1. The Kier molecular flexibility index (Phi) is 5.44. The summed E-state index contributed by atoms with van der Waals surface area (Å²) in [7, 11) is 0. The number of nitrogens with one attached hydrogen (secondary N) is 2. The van der Waals surface area contributed by atoms with Crippen LogP contribution in [0.4, 0.5) is 0 Å². The molecule has 3 unspecified atom stereocenters. The molecule has 0 radical (unpaired) electrons. The highest BCUT2D eigenvalue weighted by atomic mass is 16.2. The average molecular weight is 240 g/mol. The van der Waals surface area contributed by atoms with Gasteiger partial charge in [0, 0.05) is 6.04 Å². The van der Waals surface area contributed by atoms with Gasteiger partial charge in [0.15, 0.2) is 0 Å². The van der Waals surface area contributed by atoms with Gasteiger partial charge in [-0.2, -0.15) is 0 Å². The largest absolute Gasteiger partial charge is 0.352 e. The smallest absolute Gasteiger partial charge is 0.240 e. The minimum Gasteiger partial charge on any atom is -0.352 e. The van der Waals surface area contributed by atoms with Crippen molar-refractivity contribution in [1.82, 2.24) is 10.6 Å². The zero-order chi connectivity index (χ0) is 12.9. The third-order valence-electron chi connectivity index (χ3n) is 4.21. The van der Waals surface area contributed by atoms with Gasteiger partial charge in [-0.25, -0.2) is 0 Å². The number of carbonyl (C=O) groups excluding carboxylic acids is 1. The molecule has 1 aliphatic heterocycles. The van der Waals surface area contributed by atoms with E-state index in [0.717, 1.165) is 38.6 Å². The molecule has 0 aromatic carbocycles. The molecule has 0 spiro atoms. The highest BCUT2D eigenvalue weighted by Crippen LogP contribution is 2.25. The lowest BCUT2D eigenvalue weighted by Crippen LogP contribution is -2.56. The number of rotatable bonds is 6. The maximum absolute atomic E-state index is 12.4. The van der Waals surface area contributed by atoms with Gasteiger partial charge in [0.25, 0.3) is 0 Å². The third-order valence-corrected chi connectivity index (χ3v) is 4.21. The first-order valence-corrected chi connectivity index (χ1v) is 7.11. The molecule has 3 nitrogen and oxygen atoms in total. The molecular weight excluding hydrogens is 212 g/mol. The van der Waals surface area contributed by atoms with Gasteiger partial charge in [-0.05, 0) is 38.6 Å². The molecular formula is C14H28N2O. The Labute approximate surface area is 106 Å². The van der Waals surface area contributed by atoms with Gasteiger partial charge < -0.3 is 10.6 Å². The van der Waals surface area contributed by atoms with Crippen molar-refractivity contribution in [2.45, 2.75) is 71.4 Å². The second-order valence-corrected chi connectivity index (χ2v) is 5.51. The molecule has 2 N–H and O–H groups in total. The van der Waals surface area contributed by atoms with Crippen molar-refractivity contribution in [2.75, 3.05) is 6.54 Å². The van der Waals surface area contributed by atoms with Crippen LogP contribution in [0.2, 0.25) is 0 Å². The average Bonchev–Trinajstić information content (AvgIpc) is 2.78. The first-order chi connectivity index (χ1) is 8.05. The van der Waals surface area contributed by atoms with Crippen LogP contribution in [-0.2, 0) is 4.79 Å². The topological polar surface area (TPSA) is 41.1 Å². The van der Waals surface area contributed by atoms with Gasteiger partial charge >= 0.3 is 0 Å². The van der Waals surface area contributed by atoms with E-state index in [2.05, 4.69) is 38.3 Å². The van der Waals surface area contributed by atoms with E-state index in [1.54, 1.807) is 0 Å². The van der Waals surface area contributed by atoms with Gasteiger partial charge in [0.1, 0.15) is 0 Å². The van der Waals surface area contributed by atoms with Crippen molar-refractivity contribution < 1.29 is 4.79 Å². The minimum atomic E-state index is -0.281. The van der Waals surface area contributed by atoms with Crippen LogP contribution >= 0.6 is 0 Å². The molecule has 0 bridgehead atoms. The summed E-state index contributed by atoms with van der Waals surface area (Å²) in [4.78, 5) is 12.4. The second kappa shape index (κ2) is 6.39. The number of carbonyl (C=O) groups is 1. The fourth-order valence-electron chi connectivity index (χ4n) is 2.59. The standard InChI is InChI=1S/C14H28N2O/c1-5-8-14(9-7-10-15-14)13(17)16-12(4)11(3)6-2/h11-12,15H,5-10H2,1-4H3,(H,16,17). The second-order valence-electron chi connectivity index (χ2n) is 5.51. The lowest BCUT2D eigenvalue weighted by atomic mass is 9.89. The van der Waals surface area contributed by atoms with Gasteiger partial charge in [-0.1, -0.05) is 33.6 Å². The minimum absolute atomic E-state index is 0.213. The van der Waals surface area contributed by atoms with E-state index >= 15 is 0 Å². The van der Waals surface area contributed by atoms with E-state index in [-0.39, 0.29) is 17.5 Å². The van der Waals surface area contributed by atoms with Crippen LogP contribution in [-0.4, -0.2) is 24.0 Å². The Bertz CT molecular complexity index is 247. The predicted octanol–water partition coefficient (Wildman–Crippen LogP) is 2.46. The molecule has 0 saturated carbocycles. The lowest BCUT2D eigenvalue weighted by molar-refractivity contribution is -0.128. The molecule has 1 fully saturated rings. The third kappa shape index (κ3) is 3.44. The lowest BCUT2D eigenvalue weighted by Gasteiger charge is -2.31. The summed E-state index contributed by atoms with van der Waals surface area (Å²) < 4.78 is 0. The summed E-state index contributed by atoms with van der Waals surface area (Å²) in [5.74, 6) is 0.753. The monoisotopic (exact) mass is 240 g/mol. The summed E-state index contributed by atoms with van der Waals surface area (Å²) in [6.07, 6.45) is 5.21. The van der Waals surface area contributed by atoms with Crippen LogP contribution < -0.4 is 10.6 Å². The first kappa shape index (κ1) is 14.5. The van der Waals surface area contributed by atoms with Crippen molar-refractivity contribution in [3.8, 4) is 0 Å². The van der Waals surface area contributed by atoms with Crippen LogP contribution in [0.3, 0.4) is 0 Å². The summed E-state index contributed by atoms with van der Waals surface area (Å²) in [5.41, 5.74) is -0.281. The number of hydrogen-bond donors (Lipinski definition) is 2. The SMILES string of the molecule is CCCC1(C(=O)NC(C)C(C)CC)CCCN1. The molecule has 1 saturated heterocycles. The molecule has 0 aromatic heterocycles. The van der Waals surface area contributed by atoms with Gasteiger partial charge in [-0.15, -0.1) is 0 Å². The molecule has 0 aliphatic carbocycles. The van der Waals surface area contributed by atoms with Crippen LogP contribution in [0.15, 0.2) is 0 Å².